The predicted molar refractivity (Wildman–Crippen MR) is 58.2 cm³/mol. The Morgan fingerprint density at radius 1 is 1.57 bits per heavy atom. The van der Waals surface area contributed by atoms with Crippen molar-refractivity contribution in [2.45, 2.75) is 13.0 Å². The summed E-state index contributed by atoms with van der Waals surface area (Å²) in [6.07, 6.45) is 0.0972. The van der Waals surface area contributed by atoms with Gasteiger partial charge in [-0.3, -0.25) is 4.98 Å². The van der Waals surface area contributed by atoms with E-state index in [0.29, 0.717) is 0 Å². The van der Waals surface area contributed by atoms with Gasteiger partial charge in [0.1, 0.15) is 6.10 Å². The Hall–Kier alpha value is -0.450. The molecule has 1 unspecified atom stereocenters. The van der Waals surface area contributed by atoms with E-state index in [9.17, 15) is 0 Å². The molecular formula is C10H13BrN2O. The van der Waals surface area contributed by atoms with Crippen molar-refractivity contribution in [3.8, 4) is 0 Å². The van der Waals surface area contributed by atoms with E-state index in [-0.39, 0.29) is 6.10 Å². The first-order valence-corrected chi connectivity index (χ1v) is 5.51. The summed E-state index contributed by atoms with van der Waals surface area (Å²) < 4.78 is 6.69. The number of nitrogens with one attached hydrogen (secondary N) is 1. The lowest BCUT2D eigenvalue weighted by atomic mass is 10.2. The summed E-state index contributed by atoms with van der Waals surface area (Å²) >= 11 is 3.46. The zero-order valence-electron chi connectivity index (χ0n) is 8.09. The monoisotopic (exact) mass is 256 g/mol. The maximum Gasteiger partial charge on any atom is 0.112 e. The number of ether oxygens (including phenoxy) is 1. The van der Waals surface area contributed by atoms with Gasteiger partial charge >= 0.3 is 0 Å². The van der Waals surface area contributed by atoms with Gasteiger partial charge in [-0.1, -0.05) is 15.9 Å². The Balaban J connectivity index is 2.21. The van der Waals surface area contributed by atoms with Gasteiger partial charge in [0.15, 0.2) is 0 Å². The molecule has 1 aromatic rings. The van der Waals surface area contributed by atoms with Crippen LogP contribution >= 0.6 is 15.9 Å². The first-order chi connectivity index (χ1) is 6.75. The van der Waals surface area contributed by atoms with Crippen molar-refractivity contribution < 1.29 is 4.74 Å². The summed E-state index contributed by atoms with van der Waals surface area (Å²) in [4.78, 5) is 4.46. The summed E-state index contributed by atoms with van der Waals surface area (Å²) in [5.41, 5.74) is 2.02. The molecule has 0 spiro atoms. The number of halogens is 1. The van der Waals surface area contributed by atoms with Crippen molar-refractivity contribution in [1.82, 2.24) is 10.3 Å². The number of hydrogen-bond acceptors (Lipinski definition) is 3. The van der Waals surface area contributed by atoms with Crippen molar-refractivity contribution in [3.63, 3.8) is 0 Å². The molecule has 3 nitrogen and oxygen atoms in total. The Labute approximate surface area is 92.0 Å². The third kappa shape index (κ3) is 2.32. The molecule has 2 rings (SSSR count). The zero-order chi connectivity index (χ0) is 9.97. The smallest absolute Gasteiger partial charge is 0.112 e. The second kappa shape index (κ2) is 4.38. The average molecular weight is 257 g/mol. The van der Waals surface area contributed by atoms with Crippen molar-refractivity contribution in [3.05, 3.63) is 28.0 Å². The maximum absolute atomic E-state index is 5.63. The molecule has 1 saturated heterocycles. The molecule has 1 aliphatic rings. The van der Waals surface area contributed by atoms with Crippen LogP contribution in [-0.2, 0) is 4.74 Å². The number of aryl methyl sites for hydroxylation is 1. The minimum Gasteiger partial charge on any atom is -0.369 e. The van der Waals surface area contributed by atoms with E-state index in [1.807, 2.05) is 19.1 Å². The van der Waals surface area contributed by atoms with Crippen LogP contribution in [0.4, 0.5) is 0 Å². The molecule has 4 heteroatoms. The third-order valence-electron chi connectivity index (χ3n) is 2.20. The van der Waals surface area contributed by atoms with Crippen LogP contribution in [0.25, 0.3) is 0 Å². The summed E-state index contributed by atoms with van der Waals surface area (Å²) in [5.74, 6) is 0. The number of aromatic nitrogens is 1. The molecule has 0 radical (unpaired) electrons. The molecular weight excluding hydrogens is 244 g/mol. The fraction of sp³-hybridized carbons (Fsp3) is 0.500. The van der Waals surface area contributed by atoms with Crippen molar-refractivity contribution in [2.24, 2.45) is 0 Å². The number of pyridine rings is 1. The Bertz CT molecular complexity index is 304. The fourth-order valence-electron chi connectivity index (χ4n) is 1.57. The average Bonchev–Trinajstić information content (AvgIpc) is 2.18. The molecule has 0 aromatic carbocycles. The molecule has 0 aliphatic carbocycles. The lowest BCUT2D eigenvalue weighted by molar-refractivity contribution is 0.0249. The van der Waals surface area contributed by atoms with E-state index in [1.165, 1.54) is 0 Å². The highest BCUT2D eigenvalue weighted by Gasteiger charge is 2.17. The number of hydrogen-bond donors (Lipinski definition) is 1. The van der Waals surface area contributed by atoms with Crippen molar-refractivity contribution in [1.29, 1.82) is 0 Å². The van der Waals surface area contributed by atoms with Gasteiger partial charge in [0.2, 0.25) is 0 Å². The van der Waals surface area contributed by atoms with Gasteiger partial charge in [0.05, 0.1) is 12.3 Å². The van der Waals surface area contributed by atoms with Gasteiger partial charge in [-0.25, -0.2) is 0 Å². The SMILES string of the molecule is Cc1cc(Br)cc(C2CNCCO2)n1. The van der Waals surface area contributed by atoms with Gasteiger partial charge in [-0.15, -0.1) is 0 Å². The molecule has 1 fully saturated rings. The second-order valence-electron chi connectivity index (χ2n) is 3.42. The van der Waals surface area contributed by atoms with Crippen LogP contribution in [0.5, 0.6) is 0 Å². The summed E-state index contributed by atoms with van der Waals surface area (Å²) in [5, 5.41) is 3.29. The molecule has 76 valence electrons. The predicted octanol–water partition coefficient (Wildman–Crippen LogP) is 1.81. The largest absolute Gasteiger partial charge is 0.369 e. The van der Waals surface area contributed by atoms with Crippen LogP contribution in [0, 0.1) is 6.92 Å². The van der Waals surface area contributed by atoms with Crippen molar-refractivity contribution >= 4 is 15.9 Å². The summed E-state index contributed by atoms with van der Waals surface area (Å²) in [6, 6.07) is 4.02. The van der Waals surface area contributed by atoms with Crippen LogP contribution < -0.4 is 5.32 Å². The second-order valence-corrected chi connectivity index (χ2v) is 4.33. The highest BCUT2D eigenvalue weighted by Crippen LogP contribution is 2.21. The van der Waals surface area contributed by atoms with Crippen LogP contribution in [0.15, 0.2) is 16.6 Å². The first kappa shape index (κ1) is 10.1. The Morgan fingerprint density at radius 3 is 3.07 bits per heavy atom. The molecule has 2 heterocycles. The summed E-state index contributed by atoms with van der Waals surface area (Å²) in [7, 11) is 0. The van der Waals surface area contributed by atoms with Gasteiger partial charge in [-0.05, 0) is 19.1 Å². The molecule has 1 aliphatic heterocycles. The molecule has 1 N–H and O–H groups in total. The lowest BCUT2D eigenvalue weighted by Crippen LogP contribution is -2.33. The fourth-order valence-corrected chi connectivity index (χ4v) is 2.14. The van der Waals surface area contributed by atoms with E-state index in [2.05, 4.69) is 26.2 Å². The zero-order valence-corrected chi connectivity index (χ0v) is 9.67. The Kier molecular flexibility index (Phi) is 3.15. The standard InChI is InChI=1S/C10H13BrN2O/c1-7-4-8(11)5-9(13-7)10-6-12-2-3-14-10/h4-5,10,12H,2-3,6H2,1H3. The van der Waals surface area contributed by atoms with Crippen molar-refractivity contribution in [2.75, 3.05) is 19.7 Å². The molecule has 0 amide bonds. The van der Waals surface area contributed by atoms with Gasteiger partial charge in [-0.2, -0.15) is 0 Å². The number of rotatable bonds is 1. The highest BCUT2D eigenvalue weighted by atomic mass is 79.9. The third-order valence-corrected chi connectivity index (χ3v) is 2.65. The summed E-state index contributed by atoms with van der Waals surface area (Å²) in [6.45, 7) is 4.54. The molecule has 0 saturated carbocycles. The molecule has 0 bridgehead atoms. The van der Waals surface area contributed by atoms with E-state index in [4.69, 9.17) is 4.74 Å². The van der Waals surface area contributed by atoms with Crippen LogP contribution in [0.1, 0.15) is 17.5 Å². The first-order valence-electron chi connectivity index (χ1n) is 4.72. The van der Waals surface area contributed by atoms with E-state index in [0.717, 1.165) is 35.6 Å². The molecule has 14 heavy (non-hydrogen) atoms. The normalized spacial score (nSPS) is 22.3. The number of nitrogens with zero attached hydrogens (tertiary/aromatic N) is 1. The van der Waals surface area contributed by atoms with Gasteiger partial charge in [0.25, 0.3) is 0 Å². The van der Waals surface area contributed by atoms with Crippen LogP contribution in [-0.4, -0.2) is 24.7 Å². The van der Waals surface area contributed by atoms with Gasteiger partial charge < -0.3 is 10.1 Å². The maximum atomic E-state index is 5.63. The quantitative estimate of drug-likeness (QED) is 0.833. The topological polar surface area (TPSA) is 34.1 Å². The molecule has 1 atom stereocenters. The van der Waals surface area contributed by atoms with Gasteiger partial charge in [0, 0.05) is 23.3 Å². The van der Waals surface area contributed by atoms with E-state index in [1.54, 1.807) is 0 Å². The number of morpholine rings is 1. The van der Waals surface area contributed by atoms with E-state index >= 15 is 0 Å². The van der Waals surface area contributed by atoms with Crippen LogP contribution in [0.3, 0.4) is 0 Å². The lowest BCUT2D eigenvalue weighted by Gasteiger charge is -2.23. The van der Waals surface area contributed by atoms with Crippen LogP contribution in [0.2, 0.25) is 0 Å². The Morgan fingerprint density at radius 2 is 2.43 bits per heavy atom. The highest BCUT2D eigenvalue weighted by molar-refractivity contribution is 9.10. The molecule has 1 aromatic heterocycles. The minimum absolute atomic E-state index is 0.0972. The minimum atomic E-state index is 0.0972. The van der Waals surface area contributed by atoms with E-state index < -0.39 is 0 Å².